The molecule has 0 aromatic heterocycles. The van der Waals surface area contributed by atoms with Gasteiger partial charge in [0.2, 0.25) is 6.79 Å². The maximum absolute atomic E-state index is 10.3. The summed E-state index contributed by atoms with van der Waals surface area (Å²) in [4.78, 5) is 6.64. The molecule has 2 aromatic rings. The van der Waals surface area contributed by atoms with Crippen LogP contribution in [0.1, 0.15) is 18.1 Å². The van der Waals surface area contributed by atoms with Crippen LogP contribution >= 0.6 is 0 Å². The highest BCUT2D eigenvalue weighted by Gasteiger charge is 2.15. The van der Waals surface area contributed by atoms with E-state index in [1.54, 1.807) is 0 Å². The van der Waals surface area contributed by atoms with Crippen LogP contribution < -0.4 is 14.8 Å². The van der Waals surface area contributed by atoms with Crippen molar-refractivity contribution in [1.82, 2.24) is 10.2 Å². The number of hydrogen-bond donors (Lipinski definition) is 2. The number of aliphatic imine (C=N–C) groups is 1. The third-order valence-corrected chi connectivity index (χ3v) is 4.32. The van der Waals surface area contributed by atoms with Gasteiger partial charge in [0.05, 0.1) is 12.6 Å². The first-order chi connectivity index (χ1) is 13.2. The number of benzene rings is 2. The summed E-state index contributed by atoms with van der Waals surface area (Å²) in [5.41, 5.74) is 2.22. The van der Waals surface area contributed by atoms with E-state index in [9.17, 15) is 5.11 Å². The minimum atomic E-state index is -0.514. The minimum Gasteiger partial charge on any atom is -0.454 e. The van der Waals surface area contributed by atoms with Gasteiger partial charge in [0.15, 0.2) is 17.5 Å². The van der Waals surface area contributed by atoms with Crippen molar-refractivity contribution in [2.45, 2.75) is 26.0 Å². The minimum absolute atomic E-state index is 0.276. The summed E-state index contributed by atoms with van der Waals surface area (Å²) in [6.45, 7) is 4.10. The molecule has 0 bridgehead atoms. The van der Waals surface area contributed by atoms with Gasteiger partial charge in [-0.25, -0.2) is 0 Å². The van der Waals surface area contributed by atoms with Gasteiger partial charge < -0.3 is 24.8 Å². The zero-order chi connectivity index (χ0) is 19.1. The Kier molecular flexibility index (Phi) is 6.54. The standard InChI is InChI=1S/C21H27N3O3/c1-3-22-21(23-13-18(25)11-16-7-5-4-6-8-16)24(2)14-17-9-10-19-20(12-17)27-15-26-19/h4-10,12,18,25H,3,11,13-15H2,1-2H3,(H,22,23). The quantitative estimate of drug-likeness (QED) is 0.580. The van der Waals surface area contributed by atoms with Gasteiger partial charge in [0.25, 0.3) is 0 Å². The van der Waals surface area contributed by atoms with Crippen molar-refractivity contribution in [3.05, 3.63) is 59.7 Å². The first kappa shape index (κ1) is 19.0. The highest BCUT2D eigenvalue weighted by molar-refractivity contribution is 5.79. The van der Waals surface area contributed by atoms with E-state index in [0.717, 1.165) is 35.1 Å². The predicted octanol–water partition coefficient (Wildman–Crippen LogP) is 2.42. The summed E-state index contributed by atoms with van der Waals surface area (Å²) in [6, 6.07) is 15.9. The Morgan fingerprint density at radius 2 is 1.93 bits per heavy atom. The molecule has 0 amide bonds. The zero-order valence-corrected chi connectivity index (χ0v) is 15.9. The second-order valence-electron chi connectivity index (χ2n) is 6.58. The fourth-order valence-electron chi connectivity index (χ4n) is 3.00. The second-order valence-corrected chi connectivity index (χ2v) is 6.58. The number of aliphatic hydroxyl groups is 1. The topological polar surface area (TPSA) is 66.3 Å². The summed E-state index contributed by atoms with van der Waals surface area (Å²) in [5, 5.41) is 13.6. The van der Waals surface area contributed by atoms with Gasteiger partial charge in [-0.2, -0.15) is 0 Å². The number of fused-ring (bicyclic) bond motifs is 1. The largest absolute Gasteiger partial charge is 0.454 e. The molecule has 27 heavy (non-hydrogen) atoms. The molecule has 2 N–H and O–H groups in total. The lowest BCUT2D eigenvalue weighted by Gasteiger charge is -2.23. The van der Waals surface area contributed by atoms with Gasteiger partial charge >= 0.3 is 0 Å². The van der Waals surface area contributed by atoms with E-state index in [0.29, 0.717) is 19.5 Å². The van der Waals surface area contributed by atoms with E-state index in [4.69, 9.17) is 9.47 Å². The normalized spacial score (nSPS) is 14.1. The molecule has 1 aliphatic heterocycles. The average Bonchev–Trinajstić information content (AvgIpc) is 3.13. The molecule has 2 aromatic carbocycles. The summed E-state index contributed by atoms with van der Waals surface area (Å²) < 4.78 is 10.8. The highest BCUT2D eigenvalue weighted by atomic mass is 16.7. The predicted molar refractivity (Wildman–Crippen MR) is 106 cm³/mol. The molecule has 1 aliphatic rings. The first-order valence-electron chi connectivity index (χ1n) is 9.25. The van der Waals surface area contributed by atoms with Gasteiger partial charge in [0, 0.05) is 26.6 Å². The Hall–Kier alpha value is -2.73. The summed E-state index contributed by atoms with van der Waals surface area (Å²) in [6.07, 6.45) is 0.0790. The first-order valence-corrected chi connectivity index (χ1v) is 9.25. The lowest BCUT2D eigenvalue weighted by Crippen LogP contribution is -2.39. The van der Waals surface area contributed by atoms with Gasteiger partial charge in [-0.15, -0.1) is 0 Å². The lowest BCUT2D eigenvalue weighted by molar-refractivity contribution is 0.174. The Bertz CT molecular complexity index is 765. The van der Waals surface area contributed by atoms with E-state index in [2.05, 4.69) is 10.3 Å². The van der Waals surface area contributed by atoms with Crippen molar-refractivity contribution in [3.8, 4) is 11.5 Å². The van der Waals surface area contributed by atoms with Crippen LogP contribution in [0.15, 0.2) is 53.5 Å². The number of nitrogens with zero attached hydrogens (tertiary/aromatic N) is 2. The van der Waals surface area contributed by atoms with Crippen LogP contribution in [0.4, 0.5) is 0 Å². The number of rotatable bonds is 7. The summed E-state index contributed by atoms with van der Waals surface area (Å²) in [5.74, 6) is 2.33. The number of ether oxygens (including phenoxy) is 2. The molecule has 6 heteroatoms. The number of nitrogens with one attached hydrogen (secondary N) is 1. The maximum atomic E-state index is 10.3. The Morgan fingerprint density at radius 1 is 1.15 bits per heavy atom. The smallest absolute Gasteiger partial charge is 0.231 e. The maximum Gasteiger partial charge on any atom is 0.231 e. The van der Waals surface area contributed by atoms with Crippen LogP contribution in [0.2, 0.25) is 0 Å². The molecule has 0 saturated heterocycles. The molecule has 1 heterocycles. The number of aliphatic hydroxyl groups excluding tert-OH is 1. The summed E-state index contributed by atoms with van der Waals surface area (Å²) >= 11 is 0. The SMILES string of the molecule is CCNC(=NCC(O)Cc1ccccc1)N(C)Cc1ccc2c(c1)OCO2. The molecule has 0 fully saturated rings. The van der Waals surface area contributed by atoms with E-state index < -0.39 is 6.10 Å². The summed E-state index contributed by atoms with van der Waals surface area (Å²) in [7, 11) is 1.98. The Balaban J connectivity index is 1.60. The van der Waals surface area contributed by atoms with Crippen LogP contribution in [0.5, 0.6) is 11.5 Å². The van der Waals surface area contributed by atoms with Crippen LogP contribution in [-0.4, -0.2) is 49.0 Å². The average molecular weight is 369 g/mol. The van der Waals surface area contributed by atoms with E-state index in [1.807, 2.05) is 67.4 Å². The van der Waals surface area contributed by atoms with Crippen molar-refractivity contribution >= 4 is 5.96 Å². The molecular formula is C21H27N3O3. The molecule has 0 radical (unpaired) electrons. The van der Waals surface area contributed by atoms with Gasteiger partial charge in [0.1, 0.15) is 0 Å². The molecule has 1 unspecified atom stereocenters. The molecule has 144 valence electrons. The third-order valence-electron chi connectivity index (χ3n) is 4.32. The number of guanidine groups is 1. The van der Waals surface area contributed by atoms with E-state index >= 15 is 0 Å². The van der Waals surface area contributed by atoms with Crippen molar-refractivity contribution in [3.63, 3.8) is 0 Å². The molecule has 1 atom stereocenters. The van der Waals surface area contributed by atoms with Crippen molar-refractivity contribution < 1.29 is 14.6 Å². The van der Waals surface area contributed by atoms with Crippen LogP contribution in [0, 0.1) is 0 Å². The second kappa shape index (κ2) is 9.28. The van der Waals surface area contributed by atoms with Gasteiger partial charge in [-0.05, 0) is 30.2 Å². The highest BCUT2D eigenvalue weighted by Crippen LogP contribution is 2.32. The molecule has 0 saturated carbocycles. The van der Waals surface area contributed by atoms with Gasteiger partial charge in [-0.3, -0.25) is 4.99 Å². The zero-order valence-electron chi connectivity index (χ0n) is 15.9. The van der Waals surface area contributed by atoms with Gasteiger partial charge in [-0.1, -0.05) is 36.4 Å². The molecule has 0 aliphatic carbocycles. The van der Waals surface area contributed by atoms with E-state index in [1.165, 1.54) is 0 Å². The molecular weight excluding hydrogens is 342 g/mol. The van der Waals surface area contributed by atoms with Crippen molar-refractivity contribution in [2.24, 2.45) is 4.99 Å². The third kappa shape index (κ3) is 5.37. The van der Waals surface area contributed by atoms with E-state index in [-0.39, 0.29) is 6.79 Å². The van der Waals surface area contributed by atoms with Crippen LogP contribution in [0.25, 0.3) is 0 Å². The Labute approximate surface area is 160 Å². The van der Waals surface area contributed by atoms with Crippen LogP contribution in [-0.2, 0) is 13.0 Å². The number of hydrogen-bond acceptors (Lipinski definition) is 4. The van der Waals surface area contributed by atoms with Crippen LogP contribution in [0.3, 0.4) is 0 Å². The van der Waals surface area contributed by atoms with Crippen molar-refractivity contribution in [1.29, 1.82) is 0 Å². The molecule has 6 nitrogen and oxygen atoms in total. The molecule has 3 rings (SSSR count). The fraction of sp³-hybridized carbons (Fsp3) is 0.381. The lowest BCUT2D eigenvalue weighted by atomic mass is 10.1. The monoisotopic (exact) mass is 369 g/mol. The Morgan fingerprint density at radius 3 is 2.70 bits per heavy atom. The fourth-order valence-corrected chi connectivity index (χ4v) is 3.00. The molecule has 0 spiro atoms. The van der Waals surface area contributed by atoms with Crippen molar-refractivity contribution in [2.75, 3.05) is 26.9 Å².